The van der Waals surface area contributed by atoms with Gasteiger partial charge in [-0.2, -0.15) is 17.9 Å². The molecule has 0 radical (unpaired) electrons. The minimum absolute atomic E-state index is 0.458. The molecule has 1 atom stereocenters. The van der Waals surface area contributed by atoms with Crippen LogP contribution in [0.25, 0.3) is 0 Å². The second-order valence-corrected chi connectivity index (χ2v) is 4.12. The van der Waals surface area contributed by atoms with E-state index in [9.17, 15) is 0 Å². The Kier molecular flexibility index (Phi) is 5.81. The highest BCUT2D eigenvalue weighted by molar-refractivity contribution is 7.80. The fourth-order valence-electron chi connectivity index (χ4n) is 1.53. The number of benzene rings is 1. The Bertz CT molecular complexity index is 359. The van der Waals surface area contributed by atoms with E-state index in [-0.39, 0.29) is 0 Å². The standard InChI is InChI=1S/C13H17NOS/c1-2-5-11(10-16)9-15-13-7-4-3-6-12(13)8-14/h3-4,6-7,11,16H,2,5,9-10H2,1H3. The Labute approximate surface area is 103 Å². The van der Waals surface area contributed by atoms with E-state index in [1.807, 2.05) is 18.2 Å². The van der Waals surface area contributed by atoms with Crippen molar-refractivity contribution in [1.29, 1.82) is 5.26 Å². The Morgan fingerprint density at radius 1 is 1.44 bits per heavy atom. The molecule has 0 saturated carbocycles. The second kappa shape index (κ2) is 7.19. The zero-order valence-electron chi connectivity index (χ0n) is 9.52. The topological polar surface area (TPSA) is 33.0 Å². The minimum atomic E-state index is 0.458. The fraction of sp³-hybridized carbons (Fsp3) is 0.462. The van der Waals surface area contributed by atoms with Crippen LogP contribution in [0, 0.1) is 17.2 Å². The van der Waals surface area contributed by atoms with Crippen molar-refractivity contribution in [3.05, 3.63) is 29.8 Å². The van der Waals surface area contributed by atoms with Crippen LogP contribution in [0.1, 0.15) is 25.3 Å². The first-order valence-corrected chi connectivity index (χ1v) is 6.17. The lowest BCUT2D eigenvalue weighted by atomic mass is 10.1. The van der Waals surface area contributed by atoms with Gasteiger partial charge in [-0.3, -0.25) is 0 Å². The van der Waals surface area contributed by atoms with Crippen LogP contribution in [-0.2, 0) is 0 Å². The maximum Gasteiger partial charge on any atom is 0.137 e. The van der Waals surface area contributed by atoms with Crippen molar-refractivity contribution in [3.63, 3.8) is 0 Å². The monoisotopic (exact) mass is 235 g/mol. The van der Waals surface area contributed by atoms with Crippen molar-refractivity contribution in [2.24, 2.45) is 5.92 Å². The van der Waals surface area contributed by atoms with E-state index < -0.39 is 0 Å². The van der Waals surface area contributed by atoms with Gasteiger partial charge in [0, 0.05) is 5.92 Å². The highest BCUT2D eigenvalue weighted by Gasteiger charge is 2.08. The summed E-state index contributed by atoms with van der Waals surface area (Å²) in [5, 5.41) is 8.90. The highest BCUT2D eigenvalue weighted by Crippen LogP contribution is 2.18. The summed E-state index contributed by atoms with van der Waals surface area (Å²) < 4.78 is 5.66. The number of nitriles is 1. The Morgan fingerprint density at radius 3 is 2.81 bits per heavy atom. The molecule has 0 bridgehead atoms. The Morgan fingerprint density at radius 2 is 2.19 bits per heavy atom. The molecule has 1 aromatic rings. The number of ether oxygens (including phenoxy) is 1. The molecular formula is C13H17NOS. The summed E-state index contributed by atoms with van der Waals surface area (Å²) in [5.41, 5.74) is 0.594. The summed E-state index contributed by atoms with van der Waals surface area (Å²) in [4.78, 5) is 0. The third-order valence-corrected chi connectivity index (χ3v) is 2.95. The van der Waals surface area contributed by atoms with Crippen LogP contribution in [0.15, 0.2) is 24.3 Å². The molecule has 86 valence electrons. The SMILES string of the molecule is CCCC(CS)COc1ccccc1C#N. The van der Waals surface area contributed by atoms with Gasteiger partial charge >= 0.3 is 0 Å². The molecule has 2 nitrogen and oxygen atoms in total. The van der Waals surface area contributed by atoms with Crippen molar-refractivity contribution in [1.82, 2.24) is 0 Å². The lowest BCUT2D eigenvalue weighted by Crippen LogP contribution is -2.13. The molecule has 0 N–H and O–H groups in total. The first kappa shape index (κ1) is 12.9. The van der Waals surface area contributed by atoms with Gasteiger partial charge < -0.3 is 4.74 Å². The second-order valence-electron chi connectivity index (χ2n) is 3.76. The van der Waals surface area contributed by atoms with Crippen LogP contribution in [0.4, 0.5) is 0 Å². The maximum atomic E-state index is 8.90. The normalized spacial score (nSPS) is 11.8. The van der Waals surface area contributed by atoms with E-state index in [0.717, 1.165) is 18.6 Å². The van der Waals surface area contributed by atoms with Crippen molar-refractivity contribution < 1.29 is 4.74 Å². The molecule has 0 aliphatic rings. The van der Waals surface area contributed by atoms with E-state index in [2.05, 4.69) is 25.6 Å². The van der Waals surface area contributed by atoms with Crippen molar-refractivity contribution in [2.45, 2.75) is 19.8 Å². The summed E-state index contributed by atoms with van der Waals surface area (Å²) in [6.45, 7) is 2.79. The number of nitrogens with zero attached hydrogens (tertiary/aromatic N) is 1. The van der Waals surface area contributed by atoms with Gasteiger partial charge in [-0.05, 0) is 24.3 Å². The largest absolute Gasteiger partial charge is 0.492 e. The van der Waals surface area contributed by atoms with Gasteiger partial charge in [-0.1, -0.05) is 25.5 Å². The van der Waals surface area contributed by atoms with Gasteiger partial charge in [-0.25, -0.2) is 0 Å². The minimum Gasteiger partial charge on any atom is -0.492 e. The fourth-order valence-corrected chi connectivity index (χ4v) is 1.82. The first-order chi connectivity index (χ1) is 7.81. The van der Waals surface area contributed by atoms with Crippen LogP contribution in [0.5, 0.6) is 5.75 Å². The van der Waals surface area contributed by atoms with Crippen molar-refractivity contribution in [2.75, 3.05) is 12.4 Å². The first-order valence-electron chi connectivity index (χ1n) is 5.54. The number of thiol groups is 1. The molecule has 16 heavy (non-hydrogen) atoms. The van der Waals surface area contributed by atoms with E-state index in [0.29, 0.717) is 23.8 Å². The van der Waals surface area contributed by atoms with E-state index in [1.165, 1.54) is 0 Å². The predicted octanol–water partition coefficient (Wildman–Crippen LogP) is 3.28. The van der Waals surface area contributed by atoms with Crippen LogP contribution in [-0.4, -0.2) is 12.4 Å². The quantitative estimate of drug-likeness (QED) is 0.768. The molecule has 1 unspecified atom stereocenters. The summed E-state index contributed by atoms with van der Waals surface area (Å²) in [6, 6.07) is 9.45. The molecule has 0 fully saturated rings. The van der Waals surface area contributed by atoms with E-state index in [1.54, 1.807) is 6.07 Å². The number of rotatable bonds is 6. The number of para-hydroxylation sites is 1. The molecule has 0 spiro atoms. The molecule has 1 aromatic carbocycles. The zero-order valence-corrected chi connectivity index (χ0v) is 10.4. The highest BCUT2D eigenvalue weighted by atomic mass is 32.1. The van der Waals surface area contributed by atoms with Crippen LogP contribution in [0.2, 0.25) is 0 Å². The molecule has 0 aliphatic heterocycles. The summed E-state index contributed by atoms with van der Waals surface area (Å²) >= 11 is 4.30. The maximum absolute atomic E-state index is 8.90. The predicted molar refractivity (Wildman–Crippen MR) is 68.9 cm³/mol. The summed E-state index contributed by atoms with van der Waals surface area (Å²) in [5.74, 6) is 1.95. The lowest BCUT2D eigenvalue weighted by molar-refractivity contribution is 0.254. The average Bonchev–Trinajstić information content (AvgIpc) is 2.34. The molecule has 0 amide bonds. The van der Waals surface area contributed by atoms with Gasteiger partial charge in [0.2, 0.25) is 0 Å². The number of hydrogen-bond acceptors (Lipinski definition) is 3. The molecule has 0 aliphatic carbocycles. The van der Waals surface area contributed by atoms with Gasteiger partial charge in [0.05, 0.1) is 12.2 Å². The van der Waals surface area contributed by atoms with Crippen molar-refractivity contribution in [3.8, 4) is 11.8 Å². The molecule has 3 heteroatoms. The Balaban J connectivity index is 2.56. The third kappa shape index (κ3) is 3.79. The van der Waals surface area contributed by atoms with Gasteiger partial charge in [0.1, 0.15) is 11.8 Å². The van der Waals surface area contributed by atoms with Crippen LogP contribution < -0.4 is 4.74 Å². The number of hydrogen-bond donors (Lipinski definition) is 1. The third-order valence-electron chi connectivity index (χ3n) is 2.44. The molecule has 0 saturated heterocycles. The van der Waals surface area contributed by atoms with Crippen molar-refractivity contribution >= 4 is 12.6 Å². The van der Waals surface area contributed by atoms with Gasteiger partial charge in [0.25, 0.3) is 0 Å². The zero-order chi connectivity index (χ0) is 11.8. The molecule has 0 heterocycles. The molecular weight excluding hydrogens is 218 g/mol. The van der Waals surface area contributed by atoms with Crippen LogP contribution >= 0.6 is 12.6 Å². The van der Waals surface area contributed by atoms with Crippen LogP contribution in [0.3, 0.4) is 0 Å². The van der Waals surface area contributed by atoms with Gasteiger partial charge in [-0.15, -0.1) is 0 Å². The summed E-state index contributed by atoms with van der Waals surface area (Å²) in [6.07, 6.45) is 2.24. The summed E-state index contributed by atoms with van der Waals surface area (Å²) in [7, 11) is 0. The molecule has 0 aromatic heterocycles. The van der Waals surface area contributed by atoms with E-state index >= 15 is 0 Å². The molecule has 1 rings (SSSR count). The lowest BCUT2D eigenvalue weighted by Gasteiger charge is -2.15. The van der Waals surface area contributed by atoms with Gasteiger partial charge in [0.15, 0.2) is 0 Å². The average molecular weight is 235 g/mol. The Hall–Kier alpha value is -1.14. The van der Waals surface area contributed by atoms with E-state index in [4.69, 9.17) is 10.00 Å². The smallest absolute Gasteiger partial charge is 0.137 e.